The standard InChI is InChI=1S/C16H23N5O3.C10H15N3O2.C8H7ClF3NS/c1-4-12(17-3)13(9-22)20-5-7-21(8-6-20)16(24)14-15(23)11(2)18-10-19-14;1-11-10(12-13(2)5-6-14)9-3-7-15-8-4-9;1-13-7-3-2-5(4-6(7)9)14-8(10,11)12/h9-10,17,23H,4-8H2,1-3H3;3,6H,1,4-5,7-8H2,2H3;2-4,13H,1H3/b13-12+;12-10-;. The number of anilines is 1. The molecule has 53 heavy (non-hydrogen) atoms. The lowest BCUT2D eigenvalue weighted by atomic mass is 10.1. The molecule has 2 aliphatic rings. The van der Waals surface area contributed by atoms with Crippen molar-refractivity contribution >= 4 is 60.1 Å². The summed E-state index contributed by atoms with van der Waals surface area (Å²) < 4.78 is 41.1. The number of carbonyl (C=O) groups is 3. The molecule has 0 unspecified atom stereocenters. The van der Waals surface area contributed by atoms with Gasteiger partial charge in [0, 0.05) is 57.9 Å². The van der Waals surface area contributed by atoms with Crippen molar-refractivity contribution < 1.29 is 37.4 Å². The Balaban J connectivity index is 0.000000291. The zero-order valence-corrected chi connectivity index (χ0v) is 31.8. The van der Waals surface area contributed by atoms with Gasteiger partial charge in [-0.1, -0.05) is 24.6 Å². The van der Waals surface area contributed by atoms with Crippen LogP contribution in [-0.4, -0.2) is 134 Å². The molecule has 14 nitrogen and oxygen atoms in total. The number of thioether (sulfide) groups is 1. The molecule has 2 aliphatic heterocycles. The number of nitrogens with one attached hydrogen (secondary N) is 2. The number of alkyl halides is 3. The van der Waals surface area contributed by atoms with E-state index in [1.807, 2.05) is 17.9 Å². The zero-order valence-electron chi connectivity index (χ0n) is 30.2. The fourth-order valence-electron chi connectivity index (χ4n) is 4.88. The minimum absolute atomic E-state index is 0.0200. The van der Waals surface area contributed by atoms with Crippen LogP contribution in [0.15, 0.2) is 62.6 Å². The summed E-state index contributed by atoms with van der Waals surface area (Å²) in [5, 5.41) is 21.8. The molecule has 0 saturated carbocycles. The maximum atomic E-state index is 12.5. The number of aryl methyl sites for hydroxylation is 1. The molecule has 0 radical (unpaired) electrons. The molecule has 3 N–H and O–H groups in total. The Bertz CT molecular complexity index is 1650. The highest BCUT2D eigenvalue weighted by Crippen LogP contribution is 2.38. The second-order valence-electron chi connectivity index (χ2n) is 11.1. The number of hydrogen-bond donors (Lipinski definition) is 3. The second-order valence-corrected chi connectivity index (χ2v) is 12.6. The number of hydrogen-bond acceptors (Lipinski definition) is 13. The maximum Gasteiger partial charge on any atom is 0.446 e. The van der Waals surface area contributed by atoms with Crippen molar-refractivity contribution in [2.24, 2.45) is 10.1 Å². The number of allylic oxidation sites excluding steroid dienone is 2. The van der Waals surface area contributed by atoms with E-state index in [0.29, 0.717) is 62.3 Å². The second kappa shape index (κ2) is 22.4. The topological polar surface area (TPSA) is 165 Å². The largest absolute Gasteiger partial charge is 0.504 e. The van der Waals surface area contributed by atoms with E-state index in [4.69, 9.17) is 16.3 Å². The first kappa shape index (κ1) is 44.5. The van der Waals surface area contributed by atoms with E-state index < -0.39 is 5.51 Å². The van der Waals surface area contributed by atoms with Crippen molar-refractivity contribution in [2.75, 3.05) is 72.4 Å². The number of aromatic nitrogens is 2. The summed E-state index contributed by atoms with van der Waals surface area (Å²) in [4.78, 5) is 49.5. The average molecular weight is 784 g/mol. The van der Waals surface area contributed by atoms with Crippen LogP contribution in [0.2, 0.25) is 5.02 Å². The van der Waals surface area contributed by atoms with Gasteiger partial charge in [0.1, 0.15) is 12.6 Å². The van der Waals surface area contributed by atoms with Gasteiger partial charge in [-0.2, -0.15) is 18.3 Å². The predicted molar refractivity (Wildman–Crippen MR) is 200 cm³/mol. The van der Waals surface area contributed by atoms with Gasteiger partial charge in [0.15, 0.2) is 23.6 Å². The number of carbonyl (C=O) groups excluding carboxylic acids is 3. The van der Waals surface area contributed by atoms with E-state index in [2.05, 4.69) is 37.4 Å². The number of aromatic hydroxyl groups is 1. The maximum absolute atomic E-state index is 12.5. The lowest BCUT2D eigenvalue weighted by Crippen LogP contribution is -2.49. The Morgan fingerprint density at radius 1 is 1.19 bits per heavy atom. The first-order valence-electron chi connectivity index (χ1n) is 16.3. The number of hydrazone groups is 1. The minimum Gasteiger partial charge on any atom is -0.504 e. The number of ether oxygens (including phenoxy) is 1. The fourth-order valence-corrected chi connectivity index (χ4v) is 5.80. The number of halogens is 4. The molecule has 3 heterocycles. The van der Waals surface area contributed by atoms with Crippen LogP contribution in [0.25, 0.3) is 0 Å². The monoisotopic (exact) mass is 783 g/mol. The molecule has 0 aliphatic carbocycles. The van der Waals surface area contributed by atoms with E-state index in [1.54, 1.807) is 33.0 Å². The van der Waals surface area contributed by atoms with Gasteiger partial charge in [-0.25, -0.2) is 15.0 Å². The summed E-state index contributed by atoms with van der Waals surface area (Å²) >= 11 is 5.54. The van der Waals surface area contributed by atoms with E-state index >= 15 is 0 Å². The van der Waals surface area contributed by atoms with Crippen molar-refractivity contribution in [1.29, 1.82) is 0 Å². The van der Waals surface area contributed by atoms with E-state index in [0.717, 1.165) is 36.7 Å². The summed E-state index contributed by atoms with van der Waals surface area (Å²) in [6.45, 7) is 10.6. The molecule has 19 heteroatoms. The molecule has 4 rings (SSSR count). The number of nitrogens with zero attached hydrogens (tertiary/aromatic N) is 7. The molecule has 290 valence electrons. The fraction of sp³-hybridized carbons (Fsp3) is 0.441. The van der Waals surface area contributed by atoms with Crippen molar-refractivity contribution in [3.8, 4) is 5.75 Å². The average Bonchev–Trinajstić information content (AvgIpc) is 3.14. The van der Waals surface area contributed by atoms with Crippen LogP contribution in [-0.2, 0) is 14.3 Å². The summed E-state index contributed by atoms with van der Waals surface area (Å²) in [5.74, 6) is 0.0723. The minimum atomic E-state index is -4.27. The van der Waals surface area contributed by atoms with Gasteiger partial charge in [0.05, 0.1) is 41.9 Å². The van der Waals surface area contributed by atoms with Crippen molar-refractivity contribution in [3.05, 3.63) is 64.0 Å². The van der Waals surface area contributed by atoms with Gasteiger partial charge in [-0.15, -0.1) is 0 Å². The molecule has 1 saturated heterocycles. The van der Waals surface area contributed by atoms with Crippen LogP contribution in [0.1, 0.15) is 35.9 Å². The van der Waals surface area contributed by atoms with Crippen molar-refractivity contribution in [1.82, 2.24) is 30.1 Å². The highest BCUT2D eigenvalue weighted by molar-refractivity contribution is 8.00. The van der Waals surface area contributed by atoms with Gasteiger partial charge < -0.3 is 35.1 Å². The van der Waals surface area contributed by atoms with Crippen LogP contribution in [0.3, 0.4) is 0 Å². The lowest BCUT2D eigenvalue weighted by molar-refractivity contribution is -0.108. The quantitative estimate of drug-likeness (QED) is 0.0716. The molecule has 0 spiro atoms. The van der Waals surface area contributed by atoms with Crippen LogP contribution in [0, 0.1) is 6.92 Å². The molecule has 0 atom stereocenters. The molecule has 2 aromatic rings. The third kappa shape index (κ3) is 14.3. The number of rotatable bonds is 11. The number of amidine groups is 1. The van der Waals surface area contributed by atoms with E-state index in [9.17, 15) is 32.7 Å². The van der Waals surface area contributed by atoms with Crippen molar-refractivity contribution in [2.45, 2.75) is 37.1 Å². The molecular weight excluding hydrogens is 739 g/mol. The Labute approximate surface area is 316 Å². The van der Waals surface area contributed by atoms with Gasteiger partial charge in [0.25, 0.3) is 5.91 Å². The number of aliphatic imine (C=N–C) groups is 1. The lowest BCUT2D eigenvalue weighted by Gasteiger charge is -2.36. The zero-order chi connectivity index (χ0) is 39.6. The number of piperazine rings is 1. The molecular formula is C34H45ClF3N9O5S. The van der Waals surface area contributed by atoms with Gasteiger partial charge in [-0.05, 0) is 62.0 Å². The van der Waals surface area contributed by atoms with Gasteiger partial charge in [0.2, 0.25) is 0 Å². The van der Waals surface area contributed by atoms with Crippen LogP contribution < -0.4 is 10.6 Å². The Hall–Kier alpha value is -4.68. The number of benzene rings is 1. The van der Waals surface area contributed by atoms with E-state index in [1.165, 1.54) is 29.5 Å². The third-order valence-electron chi connectivity index (χ3n) is 7.64. The molecule has 0 bridgehead atoms. The predicted octanol–water partition coefficient (Wildman–Crippen LogP) is 4.76. The number of likely N-dealkylation sites (N-methyl/N-ethyl adjacent to an activating group) is 1. The normalized spacial score (nSPS) is 15.0. The Morgan fingerprint density at radius 3 is 2.38 bits per heavy atom. The Kier molecular flexibility index (Phi) is 18.8. The first-order chi connectivity index (χ1) is 25.2. The summed E-state index contributed by atoms with van der Waals surface area (Å²) in [6.07, 6.45) is 6.37. The van der Waals surface area contributed by atoms with Gasteiger partial charge in [-0.3, -0.25) is 14.6 Å². The highest BCUT2D eigenvalue weighted by atomic mass is 35.5. The van der Waals surface area contributed by atoms with Crippen LogP contribution in [0.4, 0.5) is 18.9 Å². The summed E-state index contributed by atoms with van der Waals surface area (Å²) in [7, 11) is 5.17. The number of amides is 1. The highest BCUT2D eigenvalue weighted by Gasteiger charge is 2.29. The van der Waals surface area contributed by atoms with Crippen molar-refractivity contribution in [3.63, 3.8) is 0 Å². The van der Waals surface area contributed by atoms with Gasteiger partial charge >= 0.3 is 5.51 Å². The molecule has 1 amide bonds. The molecule has 1 aromatic heterocycles. The summed E-state index contributed by atoms with van der Waals surface area (Å²) in [5.41, 5.74) is -0.731. The number of aldehydes is 2. The van der Waals surface area contributed by atoms with E-state index in [-0.39, 0.29) is 45.6 Å². The smallest absolute Gasteiger partial charge is 0.446 e. The summed E-state index contributed by atoms with van der Waals surface area (Å²) in [6, 6.07) is 4.16. The Morgan fingerprint density at radius 2 is 1.87 bits per heavy atom. The SMILES string of the molecule is C=N/C(=N\N(C)CC=O)C1=CCOCC1.CC/C(NC)=C(/C=O)N1CCN(C(=O)c2ncnc(C)c2O)CC1.CNc1ccc(SC(F)(F)F)cc1Cl. The first-order valence-corrected chi connectivity index (χ1v) is 17.5. The molecule has 1 fully saturated rings. The van der Waals surface area contributed by atoms with Crippen LogP contribution >= 0.6 is 23.4 Å². The third-order valence-corrected chi connectivity index (χ3v) is 8.67. The molecule has 1 aromatic carbocycles. The van der Waals surface area contributed by atoms with Crippen LogP contribution in [0.5, 0.6) is 5.75 Å².